The van der Waals surface area contributed by atoms with Gasteiger partial charge in [-0.25, -0.2) is 9.10 Å². The summed E-state index contributed by atoms with van der Waals surface area (Å²) >= 11 is 2.33. The minimum absolute atomic E-state index is 0.455. The Bertz CT molecular complexity index is 535. The standard InChI is InChI=1S/C14H19N3O3S2/c1-5-19-13(12-9-7-6-8-10-12)16-22-17(3)14(18)20-15-11(2)21-4/h6-10H,5H2,1-4H3. The lowest BCUT2D eigenvalue weighted by atomic mass is 10.2. The first-order valence-electron chi connectivity index (χ1n) is 6.55. The zero-order chi connectivity index (χ0) is 16.4. The van der Waals surface area contributed by atoms with E-state index in [1.54, 1.807) is 14.0 Å². The highest BCUT2D eigenvalue weighted by molar-refractivity contribution is 8.13. The number of carbonyl (C=O) groups excluding carboxylic acids is 1. The Morgan fingerprint density at radius 1 is 1.32 bits per heavy atom. The van der Waals surface area contributed by atoms with Gasteiger partial charge in [0.05, 0.1) is 6.61 Å². The molecule has 8 heteroatoms. The average molecular weight is 341 g/mol. The summed E-state index contributed by atoms with van der Waals surface area (Å²) in [5, 5.41) is 4.34. The monoisotopic (exact) mass is 341 g/mol. The molecular formula is C14H19N3O3S2. The van der Waals surface area contributed by atoms with E-state index >= 15 is 0 Å². The number of hydrogen-bond donors (Lipinski definition) is 0. The molecule has 0 saturated carbocycles. The second kappa shape index (κ2) is 10.1. The zero-order valence-corrected chi connectivity index (χ0v) is 14.6. The van der Waals surface area contributed by atoms with Crippen LogP contribution in [0.15, 0.2) is 39.9 Å². The van der Waals surface area contributed by atoms with Gasteiger partial charge in [0, 0.05) is 12.6 Å². The third-order valence-electron chi connectivity index (χ3n) is 2.35. The minimum Gasteiger partial charge on any atom is -0.477 e. The van der Waals surface area contributed by atoms with Crippen molar-refractivity contribution in [3.05, 3.63) is 35.9 Å². The van der Waals surface area contributed by atoms with Crippen LogP contribution in [0.5, 0.6) is 0 Å². The molecule has 120 valence electrons. The number of amides is 1. The molecule has 0 radical (unpaired) electrons. The fourth-order valence-electron chi connectivity index (χ4n) is 1.21. The van der Waals surface area contributed by atoms with E-state index in [1.165, 1.54) is 16.1 Å². The highest BCUT2D eigenvalue weighted by atomic mass is 32.2. The molecule has 0 saturated heterocycles. The van der Waals surface area contributed by atoms with Crippen molar-refractivity contribution in [2.45, 2.75) is 13.8 Å². The molecule has 0 unspecified atom stereocenters. The van der Waals surface area contributed by atoms with Gasteiger partial charge in [0.2, 0.25) is 5.90 Å². The summed E-state index contributed by atoms with van der Waals surface area (Å²) in [5.41, 5.74) is 0.842. The zero-order valence-electron chi connectivity index (χ0n) is 13.0. The van der Waals surface area contributed by atoms with E-state index in [9.17, 15) is 4.79 Å². The number of benzene rings is 1. The predicted octanol–water partition coefficient (Wildman–Crippen LogP) is 3.80. The van der Waals surface area contributed by atoms with Gasteiger partial charge in [0.15, 0.2) is 0 Å². The lowest BCUT2D eigenvalue weighted by Crippen LogP contribution is -2.19. The van der Waals surface area contributed by atoms with Gasteiger partial charge in [0.25, 0.3) is 0 Å². The Hall–Kier alpha value is -1.67. The molecule has 0 aliphatic heterocycles. The fraction of sp³-hybridized carbons (Fsp3) is 0.357. The van der Waals surface area contributed by atoms with Crippen molar-refractivity contribution in [1.29, 1.82) is 0 Å². The van der Waals surface area contributed by atoms with Crippen LogP contribution in [0.1, 0.15) is 19.4 Å². The highest BCUT2D eigenvalue weighted by Gasteiger charge is 2.12. The molecule has 0 aliphatic carbocycles. The number of ether oxygens (including phenoxy) is 1. The fourth-order valence-corrected chi connectivity index (χ4v) is 1.78. The molecule has 1 aromatic carbocycles. The number of nitrogens with zero attached hydrogens (tertiary/aromatic N) is 3. The summed E-state index contributed by atoms with van der Waals surface area (Å²) in [7, 11) is 1.55. The van der Waals surface area contributed by atoms with Crippen LogP contribution in [0, 0.1) is 0 Å². The number of rotatable bonds is 5. The summed E-state index contributed by atoms with van der Waals surface area (Å²) in [6.45, 7) is 4.12. The third kappa shape index (κ3) is 6.40. The SMILES string of the molecule is CCOC(=NSN(C)C(=O)ON=C(C)SC)c1ccccc1. The van der Waals surface area contributed by atoms with Crippen molar-refractivity contribution >= 4 is 40.9 Å². The highest BCUT2D eigenvalue weighted by Crippen LogP contribution is 2.14. The van der Waals surface area contributed by atoms with Crippen LogP contribution in [0.4, 0.5) is 4.79 Å². The molecule has 0 aliphatic rings. The van der Waals surface area contributed by atoms with Gasteiger partial charge in [-0.3, -0.25) is 4.84 Å². The lowest BCUT2D eigenvalue weighted by Gasteiger charge is -2.11. The minimum atomic E-state index is -0.605. The first kappa shape index (κ1) is 18.4. The van der Waals surface area contributed by atoms with E-state index in [0.29, 0.717) is 17.5 Å². The molecule has 0 bridgehead atoms. The van der Waals surface area contributed by atoms with Crippen molar-refractivity contribution in [3.63, 3.8) is 0 Å². The molecular weight excluding hydrogens is 322 g/mol. The summed E-state index contributed by atoms with van der Waals surface area (Å²) < 4.78 is 11.0. The van der Waals surface area contributed by atoms with Crippen LogP contribution in [-0.2, 0) is 9.57 Å². The van der Waals surface area contributed by atoms with Crippen LogP contribution in [0.2, 0.25) is 0 Å². The molecule has 1 aromatic rings. The third-order valence-corrected chi connectivity index (χ3v) is 3.66. The number of hydrogen-bond acceptors (Lipinski definition) is 7. The van der Waals surface area contributed by atoms with E-state index in [-0.39, 0.29) is 0 Å². The Morgan fingerprint density at radius 3 is 2.59 bits per heavy atom. The van der Waals surface area contributed by atoms with Gasteiger partial charge in [-0.2, -0.15) is 4.40 Å². The Labute approximate surface area is 139 Å². The predicted molar refractivity (Wildman–Crippen MR) is 93.1 cm³/mol. The van der Waals surface area contributed by atoms with Crippen LogP contribution in [0.3, 0.4) is 0 Å². The van der Waals surface area contributed by atoms with E-state index in [2.05, 4.69) is 9.55 Å². The van der Waals surface area contributed by atoms with Gasteiger partial charge in [-0.05, 0) is 32.2 Å². The van der Waals surface area contributed by atoms with E-state index in [0.717, 1.165) is 17.7 Å². The molecule has 0 aromatic heterocycles. The number of carbonyl (C=O) groups is 1. The van der Waals surface area contributed by atoms with E-state index in [4.69, 9.17) is 9.57 Å². The maximum atomic E-state index is 11.7. The molecule has 0 fully saturated rings. The van der Waals surface area contributed by atoms with Gasteiger partial charge >= 0.3 is 6.09 Å². The van der Waals surface area contributed by atoms with Crippen molar-refractivity contribution in [3.8, 4) is 0 Å². The van der Waals surface area contributed by atoms with Crippen molar-refractivity contribution < 1.29 is 14.4 Å². The maximum absolute atomic E-state index is 11.7. The molecule has 0 heterocycles. The molecule has 0 N–H and O–H groups in total. The summed E-state index contributed by atoms with van der Waals surface area (Å²) in [5.74, 6) is 0.455. The smallest absolute Gasteiger partial charge is 0.447 e. The van der Waals surface area contributed by atoms with Gasteiger partial charge < -0.3 is 4.74 Å². The Morgan fingerprint density at radius 2 is 2.00 bits per heavy atom. The van der Waals surface area contributed by atoms with Crippen molar-refractivity contribution in [1.82, 2.24) is 4.31 Å². The molecule has 1 rings (SSSR count). The van der Waals surface area contributed by atoms with Gasteiger partial charge in [-0.1, -0.05) is 23.4 Å². The average Bonchev–Trinajstić information content (AvgIpc) is 2.56. The van der Waals surface area contributed by atoms with E-state index < -0.39 is 6.09 Å². The summed E-state index contributed by atoms with van der Waals surface area (Å²) in [6, 6.07) is 9.48. The van der Waals surface area contributed by atoms with Crippen molar-refractivity contribution in [2.75, 3.05) is 19.9 Å². The Kier molecular flexibility index (Phi) is 8.46. The van der Waals surface area contributed by atoms with Gasteiger partial charge in [0.1, 0.15) is 17.2 Å². The number of thioether (sulfide) groups is 1. The molecule has 22 heavy (non-hydrogen) atoms. The molecule has 0 spiro atoms. The van der Waals surface area contributed by atoms with Crippen LogP contribution in [-0.4, -0.2) is 41.3 Å². The van der Waals surface area contributed by atoms with Crippen LogP contribution in [0.25, 0.3) is 0 Å². The number of oxime groups is 1. The first-order chi connectivity index (χ1) is 10.6. The Balaban J connectivity index is 2.68. The second-order valence-electron chi connectivity index (χ2n) is 3.95. The van der Waals surface area contributed by atoms with Gasteiger partial charge in [-0.15, -0.1) is 11.8 Å². The summed E-state index contributed by atoms with van der Waals surface area (Å²) in [6.07, 6.45) is 1.25. The topological polar surface area (TPSA) is 63.5 Å². The quantitative estimate of drug-likeness (QED) is 0.268. The lowest BCUT2D eigenvalue weighted by molar-refractivity contribution is 0.137. The maximum Gasteiger partial charge on any atom is 0.447 e. The molecule has 1 amide bonds. The second-order valence-corrected chi connectivity index (χ2v) is 5.84. The van der Waals surface area contributed by atoms with Crippen LogP contribution < -0.4 is 0 Å². The largest absolute Gasteiger partial charge is 0.477 e. The van der Waals surface area contributed by atoms with Crippen molar-refractivity contribution in [2.24, 2.45) is 9.55 Å². The van der Waals surface area contributed by atoms with E-state index in [1.807, 2.05) is 43.5 Å². The van der Waals surface area contributed by atoms with Crippen LogP contribution >= 0.6 is 23.9 Å². The first-order valence-corrected chi connectivity index (χ1v) is 8.50. The summed E-state index contributed by atoms with van der Waals surface area (Å²) in [4.78, 5) is 16.5. The normalized spacial score (nSPS) is 12.0. The molecule has 0 atom stereocenters. The molecule has 6 nitrogen and oxygen atoms in total.